The van der Waals surface area contributed by atoms with Gasteiger partial charge in [0.1, 0.15) is 6.54 Å². The third-order valence-corrected chi connectivity index (χ3v) is 6.44. The maximum atomic E-state index is 13.2. The molecule has 0 aliphatic rings. The molecule has 160 valence electrons. The van der Waals surface area contributed by atoms with Gasteiger partial charge in [0.25, 0.3) is 15.9 Å². The smallest absolute Gasteiger partial charge is 0.264 e. The van der Waals surface area contributed by atoms with Crippen molar-refractivity contribution in [3.8, 4) is 0 Å². The van der Waals surface area contributed by atoms with Crippen LogP contribution in [0.25, 0.3) is 0 Å². The summed E-state index contributed by atoms with van der Waals surface area (Å²) in [6.45, 7) is 1.45. The fraction of sp³-hybridized carbons (Fsp3) is 0.167. The number of hydrogen-bond donors (Lipinski definition) is 1. The molecular weight excluding hydrogens is 410 g/mol. The molecule has 3 aromatic rings. The van der Waals surface area contributed by atoms with Crippen LogP contribution in [-0.4, -0.2) is 26.6 Å². The topological polar surface area (TPSA) is 78.8 Å². The molecule has 0 saturated carbocycles. The van der Waals surface area contributed by atoms with Gasteiger partial charge in [0, 0.05) is 5.71 Å². The van der Waals surface area contributed by atoms with Crippen LogP contribution < -0.4 is 9.73 Å². The van der Waals surface area contributed by atoms with Crippen LogP contribution in [0, 0.1) is 0 Å². The highest BCUT2D eigenvalue weighted by atomic mass is 32.2. The van der Waals surface area contributed by atoms with E-state index in [2.05, 4.69) is 10.5 Å². The molecule has 0 atom stereocenters. The van der Waals surface area contributed by atoms with Crippen molar-refractivity contribution >= 4 is 27.3 Å². The van der Waals surface area contributed by atoms with Crippen LogP contribution in [0.3, 0.4) is 0 Å². The number of aryl methyl sites for hydroxylation is 1. The summed E-state index contributed by atoms with van der Waals surface area (Å²) in [5, 5.41) is 4.14. The molecule has 6 nitrogen and oxygen atoms in total. The largest absolute Gasteiger partial charge is 0.271 e. The lowest BCUT2D eigenvalue weighted by Gasteiger charge is -2.23. The fourth-order valence-electron chi connectivity index (χ4n) is 2.98. The lowest BCUT2D eigenvalue weighted by Crippen LogP contribution is -2.39. The van der Waals surface area contributed by atoms with Crippen molar-refractivity contribution in [1.29, 1.82) is 0 Å². The number of benzene rings is 3. The summed E-state index contributed by atoms with van der Waals surface area (Å²) in [5.74, 6) is -0.512. The maximum absolute atomic E-state index is 13.2. The summed E-state index contributed by atoms with van der Waals surface area (Å²) in [7, 11) is -3.91. The molecule has 1 N–H and O–H groups in total. The third kappa shape index (κ3) is 6.26. The van der Waals surface area contributed by atoms with Gasteiger partial charge in [0.2, 0.25) is 0 Å². The number of hydrogen-bond acceptors (Lipinski definition) is 4. The van der Waals surface area contributed by atoms with Gasteiger partial charge in [-0.1, -0.05) is 66.7 Å². The summed E-state index contributed by atoms with van der Waals surface area (Å²) >= 11 is 0. The minimum absolute atomic E-state index is 0.120. The molecule has 0 heterocycles. The van der Waals surface area contributed by atoms with Crippen LogP contribution in [0.15, 0.2) is 101 Å². The molecule has 0 aliphatic heterocycles. The zero-order valence-corrected chi connectivity index (χ0v) is 18.1. The zero-order chi connectivity index (χ0) is 22.1. The second-order valence-corrected chi connectivity index (χ2v) is 8.89. The number of amides is 1. The van der Waals surface area contributed by atoms with E-state index >= 15 is 0 Å². The van der Waals surface area contributed by atoms with Gasteiger partial charge in [0.15, 0.2) is 0 Å². The quantitative estimate of drug-likeness (QED) is 0.407. The highest BCUT2D eigenvalue weighted by molar-refractivity contribution is 7.92. The number of carbonyl (C=O) groups is 1. The maximum Gasteiger partial charge on any atom is 0.264 e. The van der Waals surface area contributed by atoms with E-state index in [1.165, 1.54) is 17.7 Å². The Bertz CT molecular complexity index is 1120. The first kappa shape index (κ1) is 22.2. The predicted octanol–water partition coefficient (Wildman–Crippen LogP) is 4.01. The Morgan fingerprint density at radius 2 is 1.42 bits per heavy atom. The highest BCUT2D eigenvalue weighted by Crippen LogP contribution is 2.23. The van der Waals surface area contributed by atoms with Gasteiger partial charge in [-0.05, 0) is 49.6 Å². The molecule has 0 aromatic heterocycles. The monoisotopic (exact) mass is 435 g/mol. The molecule has 0 aliphatic carbocycles. The molecule has 0 unspecified atom stereocenters. The van der Waals surface area contributed by atoms with Crippen LogP contribution in [0.5, 0.6) is 0 Å². The summed E-state index contributed by atoms with van der Waals surface area (Å²) < 4.78 is 27.4. The van der Waals surface area contributed by atoms with Crippen LogP contribution in [0.1, 0.15) is 18.9 Å². The van der Waals surface area contributed by atoms with Crippen molar-refractivity contribution in [2.24, 2.45) is 5.10 Å². The highest BCUT2D eigenvalue weighted by Gasteiger charge is 2.26. The molecule has 7 heteroatoms. The van der Waals surface area contributed by atoms with E-state index in [-0.39, 0.29) is 11.4 Å². The van der Waals surface area contributed by atoms with Crippen LogP contribution in [-0.2, 0) is 21.2 Å². The summed E-state index contributed by atoms with van der Waals surface area (Å²) in [6.07, 6.45) is 1.50. The number of sulfonamides is 1. The Morgan fingerprint density at radius 1 is 0.871 bits per heavy atom. The van der Waals surface area contributed by atoms with Gasteiger partial charge in [-0.25, -0.2) is 13.8 Å². The van der Waals surface area contributed by atoms with Gasteiger partial charge in [-0.3, -0.25) is 9.10 Å². The first-order valence-corrected chi connectivity index (χ1v) is 11.4. The molecule has 3 rings (SSSR count). The van der Waals surface area contributed by atoms with E-state index < -0.39 is 15.9 Å². The van der Waals surface area contributed by atoms with E-state index in [9.17, 15) is 13.2 Å². The average molecular weight is 436 g/mol. The molecule has 0 bridgehead atoms. The van der Waals surface area contributed by atoms with Gasteiger partial charge in [-0.2, -0.15) is 5.10 Å². The van der Waals surface area contributed by atoms with E-state index in [0.29, 0.717) is 12.1 Å². The molecular formula is C24H25N3O3S. The Balaban J connectivity index is 1.70. The van der Waals surface area contributed by atoms with Gasteiger partial charge in [0.05, 0.1) is 10.6 Å². The Morgan fingerprint density at radius 3 is 2.03 bits per heavy atom. The summed E-state index contributed by atoms with van der Waals surface area (Å²) in [4.78, 5) is 12.7. The lowest BCUT2D eigenvalue weighted by atomic mass is 10.1. The number of hydrazone groups is 1. The fourth-order valence-corrected chi connectivity index (χ4v) is 4.42. The zero-order valence-electron chi connectivity index (χ0n) is 17.3. The van der Waals surface area contributed by atoms with Crippen LogP contribution >= 0.6 is 0 Å². The molecule has 31 heavy (non-hydrogen) atoms. The molecule has 0 spiro atoms. The first-order valence-electron chi connectivity index (χ1n) is 9.95. The number of para-hydroxylation sites is 1. The summed E-state index contributed by atoms with van der Waals surface area (Å²) in [6, 6.07) is 26.6. The number of carbonyl (C=O) groups excluding carboxylic acids is 1. The first-order chi connectivity index (χ1) is 15.0. The van der Waals surface area contributed by atoms with E-state index in [4.69, 9.17) is 0 Å². The van der Waals surface area contributed by atoms with Crippen molar-refractivity contribution in [3.05, 3.63) is 96.6 Å². The van der Waals surface area contributed by atoms with Crippen molar-refractivity contribution in [3.63, 3.8) is 0 Å². The van der Waals surface area contributed by atoms with Crippen molar-refractivity contribution in [2.45, 2.75) is 24.7 Å². The third-order valence-electron chi connectivity index (χ3n) is 4.65. The van der Waals surface area contributed by atoms with Gasteiger partial charge < -0.3 is 0 Å². The number of anilines is 1. The van der Waals surface area contributed by atoms with Crippen molar-refractivity contribution in [2.75, 3.05) is 10.8 Å². The average Bonchev–Trinajstić information content (AvgIpc) is 2.81. The van der Waals surface area contributed by atoms with E-state index in [1.54, 1.807) is 48.5 Å². The van der Waals surface area contributed by atoms with Gasteiger partial charge in [-0.15, -0.1) is 0 Å². The second-order valence-electron chi connectivity index (χ2n) is 7.03. The Labute approximate surface area is 183 Å². The molecule has 3 aromatic carbocycles. The van der Waals surface area contributed by atoms with Crippen LogP contribution in [0.2, 0.25) is 0 Å². The molecule has 0 radical (unpaired) electrons. The predicted molar refractivity (Wildman–Crippen MR) is 123 cm³/mol. The van der Waals surface area contributed by atoms with Gasteiger partial charge >= 0.3 is 0 Å². The Kier molecular flexibility index (Phi) is 7.56. The standard InChI is InChI=1S/C24H25N3O3S/c1-20(17-18-21-11-5-2-6-12-21)25-26-24(28)19-27(22-13-7-3-8-14-22)31(29,30)23-15-9-4-10-16-23/h2-16H,17-19H2,1H3,(H,26,28)/b25-20-. The van der Waals surface area contributed by atoms with E-state index in [0.717, 1.165) is 16.4 Å². The van der Waals surface area contributed by atoms with Crippen LogP contribution in [0.4, 0.5) is 5.69 Å². The molecule has 0 saturated heterocycles. The molecule has 0 fully saturated rings. The number of nitrogens with zero attached hydrogens (tertiary/aromatic N) is 2. The Hall–Kier alpha value is -3.45. The normalized spacial score (nSPS) is 11.7. The van der Waals surface area contributed by atoms with Crippen molar-refractivity contribution < 1.29 is 13.2 Å². The number of nitrogens with one attached hydrogen (secondary N) is 1. The SMILES string of the molecule is C/C(CCc1ccccc1)=N/NC(=O)CN(c1ccccc1)S(=O)(=O)c1ccccc1. The minimum atomic E-state index is -3.91. The van der Waals surface area contributed by atoms with E-state index in [1.807, 2.05) is 37.3 Å². The molecule has 1 amide bonds. The second kappa shape index (κ2) is 10.5. The lowest BCUT2D eigenvalue weighted by molar-refractivity contribution is -0.119. The van der Waals surface area contributed by atoms with Crippen molar-refractivity contribution in [1.82, 2.24) is 5.43 Å². The summed E-state index contributed by atoms with van der Waals surface area (Å²) in [5.41, 5.74) is 4.84. The minimum Gasteiger partial charge on any atom is -0.271 e. The number of rotatable bonds is 9.